The van der Waals surface area contributed by atoms with Crippen LogP contribution in [0.3, 0.4) is 0 Å². The topological polar surface area (TPSA) is 185 Å². The quantitative estimate of drug-likeness (QED) is 0.0848. The molecule has 0 unspecified atom stereocenters. The van der Waals surface area contributed by atoms with Gasteiger partial charge < -0.3 is 31.4 Å². The second-order valence-corrected chi connectivity index (χ2v) is 13.6. The van der Waals surface area contributed by atoms with Gasteiger partial charge in [-0.3, -0.25) is 29.3 Å². The maximum atomic E-state index is 14.1. The lowest BCUT2D eigenvalue weighted by atomic mass is 10.00. The molecule has 0 saturated carbocycles. The van der Waals surface area contributed by atoms with Crippen LogP contribution in [-0.4, -0.2) is 64.8 Å². The first-order valence-corrected chi connectivity index (χ1v) is 18.1. The van der Waals surface area contributed by atoms with Gasteiger partial charge in [0.25, 0.3) is 0 Å². The second-order valence-electron chi connectivity index (χ2n) is 13.6. The Labute approximate surface area is 301 Å². The minimum atomic E-state index is -0.959. The zero-order valence-corrected chi connectivity index (χ0v) is 30.6. The normalized spacial score (nSPS) is 14.2. The Kier molecular flexibility index (Phi) is 16.6. The van der Waals surface area contributed by atoms with E-state index in [1.165, 1.54) is 0 Å². The number of para-hydroxylation sites is 1. The molecule has 0 radical (unpaired) electrons. The zero-order valence-electron chi connectivity index (χ0n) is 30.6. The molecule has 0 saturated heterocycles. The molecule has 3 rings (SSSR count). The number of esters is 1. The Hall–Kier alpha value is -4.71. The number of carbonyl (C=O) groups excluding carboxylic acids is 5. The molecule has 0 aliphatic rings. The second kappa shape index (κ2) is 20.8. The Morgan fingerprint density at radius 3 is 1.96 bits per heavy atom. The highest BCUT2D eigenvalue weighted by molar-refractivity contribution is 5.95. The number of hydrogen-bond acceptors (Lipinski definition) is 7. The van der Waals surface area contributed by atoms with Crippen molar-refractivity contribution in [2.45, 2.75) is 123 Å². The molecule has 7 N–H and O–H groups in total. The average molecular weight is 705 g/mol. The first kappa shape index (κ1) is 40.7. The minimum absolute atomic E-state index is 0.0419. The van der Waals surface area contributed by atoms with Crippen molar-refractivity contribution in [3.8, 4) is 0 Å². The summed E-state index contributed by atoms with van der Waals surface area (Å²) in [5.41, 5.74) is 8.17. The third-order valence-electron chi connectivity index (χ3n) is 8.77. The van der Waals surface area contributed by atoms with E-state index < -0.39 is 59.8 Å². The SMILES string of the molecule is CCCC[C@H](NC(=O)[C@H](CC(C)C)NC(=O)[C@H](CCCC)NC(=O)[C@H](Cc1c[nH]c2ccccc12)N[C@H](C)C(=O)OCc1ccccc1)C(N)=O. The van der Waals surface area contributed by atoms with E-state index in [2.05, 4.69) is 26.3 Å². The van der Waals surface area contributed by atoms with Crippen molar-refractivity contribution < 1.29 is 28.7 Å². The summed E-state index contributed by atoms with van der Waals surface area (Å²) < 4.78 is 5.54. The first-order valence-electron chi connectivity index (χ1n) is 18.1. The summed E-state index contributed by atoms with van der Waals surface area (Å²) in [5, 5.41) is 12.6. The minimum Gasteiger partial charge on any atom is -0.460 e. The first-order chi connectivity index (χ1) is 24.4. The molecule has 51 heavy (non-hydrogen) atoms. The summed E-state index contributed by atoms with van der Waals surface area (Å²) in [4.78, 5) is 69.7. The Morgan fingerprint density at radius 2 is 1.31 bits per heavy atom. The number of hydrogen-bond donors (Lipinski definition) is 6. The van der Waals surface area contributed by atoms with Crippen LogP contribution in [-0.2, 0) is 41.7 Å². The summed E-state index contributed by atoms with van der Waals surface area (Å²) in [6.07, 6.45) is 6.05. The molecule has 2 aromatic carbocycles. The molecule has 4 amide bonds. The Morgan fingerprint density at radius 1 is 0.745 bits per heavy atom. The van der Waals surface area contributed by atoms with E-state index in [1.54, 1.807) is 6.92 Å². The van der Waals surface area contributed by atoms with E-state index in [4.69, 9.17) is 10.5 Å². The van der Waals surface area contributed by atoms with E-state index >= 15 is 0 Å². The summed E-state index contributed by atoms with van der Waals surface area (Å²) in [6, 6.07) is 12.5. The number of amides is 4. The Balaban J connectivity index is 1.81. The average Bonchev–Trinajstić information content (AvgIpc) is 3.52. The lowest BCUT2D eigenvalue weighted by Gasteiger charge is -2.27. The van der Waals surface area contributed by atoms with Crippen molar-refractivity contribution in [2.75, 3.05) is 0 Å². The molecule has 12 nitrogen and oxygen atoms in total. The highest BCUT2D eigenvalue weighted by Gasteiger charge is 2.32. The number of nitrogens with two attached hydrogens (primary N) is 1. The molecule has 1 heterocycles. The van der Waals surface area contributed by atoms with Gasteiger partial charge in [0.1, 0.15) is 30.8 Å². The van der Waals surface area contributed by atoms with Gasteiger partial charge in [-0.25, -0.2) is 0 Å². The van der Waals surface area contributed by atoms with Gasteiger partial charge in [-0.05, 0) is 55.7 Å². The van der Waals surface area contributed by atoms with Gasteiger partial charge in [0, 0.05) is 17.1 Å². The van der Waals surface area contributed by atoms with Crippen molar-refractivity contribution >= 4 is 40.5 Å². The molecule has 1 aromatic heterocycles. The van der Waals surface area contributed by atoms with Crippen LogP contribution in [0.4, 0.5) is 0 Å². The van der Waals surface area contributed by atoms with E-state index in [0.717, 1.165) is 34.9 Å². The summed E-state index contributed by atoms with van der Waals surface area (Å²) >= 11 is 0. The van der Waals surface area contributed by atoms with E-state index in [9.17, 15) is 24.0 Å². The molecule has 12 heteroatoms. The van der Waals surface area contributed by atoms with Crippen molar-refractivity contribution in [1.29, 1.82) is 0 Å². The van der Waals surface area contributed by atoms with Gasteiger partial charge in [-0.2, -0.15) is 0 Å². The smallest absolute Gasteiger partial charge is 0.323 e. The molecule has 278 valence electrons. The van der Waals surface area contributed by atoms with Crippen LogP contribution in [0.2, 0.25) is 0 Å². The number of primary amides is 1. The monoisotopic (exact) mass is 704 g/mol. The lowest BCUT2D eigenvalue weighted by Crippen LogP contribution is -2.59. The molecule has 0 aliphatic carbocycles. The molecule has 0 spiro atoms. The van der Waals surface area contributed by atoms with Gasteiger partial charge >= 0.3 is 5.97 Å². The number of H-pyrrole nitrogens is 1. The van der Waals surface area contributed by atoms with Crippen molar-refractivity contribution in [3.05, 3.63) is 71.9 Å². The van der Waals surface area contributed by atoms with Crippen molar-refractivity contribution in [2.24, 2.45) is 11.7 Å². The summed E-state index contributed by atoms with van der Waals surface area (Å²) in [7, 11) is 0. The van der Waals surface area contributed by atoms with Gasteiger partial charge in [-0.15, -0.1) is 0 Å². The highest BCUT2D eigenvalue weighted by atomic mass is 16.5. The predicted octanol–water partition coefficient (Wildman–Crippen LogP) is 4.17. The maximum absolute atomic E-state index is 14.1. The van der Waals surface area contributed by atoms with E-state index in [-0.39, 0.29) is 18.9 Å². The predicted molar refractivity (Wildman–Crippen MR) is 198 cm³/mol. The van der Waals surface area contributed by atoms with E-state index in [0.29, 0.717) is 32.1 Å². The highest BCUT2D eigenvalue weighted by Crippen LogP contribution is 2.20. The van der Waals surface area contributed by atoms with Crippen molar-refractivity contribution in [3.63, 3.8) is 0 Å². The number of unbranched alkanes of at least 4 members (excludes halogenated alkanes) is 2. The molecule has 0 aliphatic heterocycles. The van der Waals surface area contributed by atoms with Crippen LogP contribution in [0.1, 0.15) is 90.7 Å². The van der Waals surface area contributed by atoms with Crippen LogP contribution in [0.5, 0.6) is 0 Å². The zero-order chi connectivity index (χ0) is 37.3. The number of aromatic amines is 1. The molecule has 3 aromatic rings. The number of aromatic nitrogens is 1. The summed E-state index contributed by atoms with van der Waals surface area (Å²) in [5.74, 6) is -2.60. The largest absolute Gasteiger partial charge is 0.460 e. The van der Waals surface area contributed by atoms with Gasteiger partial charge in [0.15, 0.2) is 0 Å². The van der Waals surface area contributed by atoms with Gasteiger partial charge in [-0.1, -0.05) is 102 Å². The Bertz CT molecular complexity index is 1570. The molecule has 0 bridgehead atoms. The fraction of sp³-hybridized carbons (Fsp3) is 0.513. The third-order valence-corrected chi connectivity index (χ3v) is 8.77. The molecule has 0 fully saturated rings. The maximum Gasteiger partial charge on any atom is 0.323 e. The van der Waals surface area contributed by atoms with Crippen LogP contribution in [0, 0.1) is 5.92 Å². The van der Waals surface area contributed by atoms with E-state index in [1.807, 2.05) is 88.5 Å². The van der Waals surface area contributed by atoms with Crippen LogP contribution < -0.4 is 27.0 Å². The number of carbonyl (C=O) groups is 5. The van der Waals surface area contributed by atoms with Crippen LogP contribution in [0.15, 0.2) is 60.8 Å². The molecule has 5 atom stereocenters. The van der Waals surface area contributed by atoms with Crippen LogP contribution in [0.25, 0.3) is 10.9 Å². The lowest BCUT2D eigenvalue weighted by molar-refractivity contribution is -0.147. The third kappa shape index (κ3) is 13.2. The number of ether oxygens (including phenoxy) is 1. The van der Waals surface area contributed by atoms with Gasteiger partial charge in [0.2, 0.25) is 23.6 Å². The standard InChI is InChI=1S/C39H56N6O6/c1-6-8-18-31(35(40)46)43-37(48)33(21-25(3)4)45-36(47)32(19-9-7-2)44-38(49)34(22-28-23-41-30-20-14-13-17-29(28)30)42-26(5)39(50)51-24-27-15-11-10-12-16-27/h10-17,20,23,25-26,31-34,41-42H,6-9,18-19,21-22,24H2,1-5H3,(H2,40,46)(H,43,48)(H,44,49)(H,45,47)/t26-,31+,32+,33+,34+/m1/s1. The fourth-order valence-electron chi connectivity index (χ4n) is 5.86. The number of nitrogens with one attached hydrogen (secondary N) is 5. The molecular formula is C39H56N6O6. The molecular weight excluding hydrogens is 648 g/mol. The summed E-state index contributed by atoms with van der Waals surface area (Å²) in [6.45, 7) is 9.55. The van der Waals surface area contributed by atoms with Gasteiger partial charge in [0.05, 0.1) is 6.04 Å². The number of benzene rings is 2. The van der Waals surface area contributed by atoms with Crippen molar-refractivity contribution in [1.82, 2.24) is 26.3 Å². The number of fused-ring (bicyclic) bond motifs is 1. The number of rotatable bonds is 22. The fourth-order valence-corrected chi connectivity index (χ4v) is 5.86. The van der Waals surface area contributed by atoms with Crippen LogP contribution >= 0.6 is 0 Å².